The van der Waals surface area contributed by atoms with Crippen LogP contribution in [0.4, 0.5) is 10.7 Å². The molecule has 0 spiro atoms. The summed E-state index contributed by atoms with van der Waals surface area (Å²) in [6.07, 6.45) is 7.49. The first kappa shape index (κ1) is 17.3. The molecule has 2 aromatic rings. The summed E-state index contributed by atoms with van der Waals surface area (Å²) in [6.45, 7) is 4.67. The summed E-state index contributed by atoms with van der Waals surface area (Å²) in [5.74, 6) is 0.749. The number of carbonyl (C=O) groups excluding carboxylic acids is 1. The van der Waals surface area contributed by atoms with Crippen molar-refractivity contribution in [3.8, 4) is 0 Å². The molecule has 0 bridgehead atoms. The van der Waals surface area contributed by atoms with E-state index in [-0.39, 0.29) is 18.1 Å². The zero-order chi connectivity index (χ0) is 17.9. The summed E-state index contributed by atoms with van der Waals surface area (Å²) in [6, 6.07) is 4.41. The Kier molecular flexibility index (Phi) is 5.06. The number of anilines is 1. The van der Waals surface area contributed by atoms with Gasteiger partial charge in [-0.1, -0.05) is 6.92 Å². The minimum Gasteiger partial charge on any atom is -0.339 e. The van der Waals surface area contributed by atoms with Crippen molar-refractivity contribution >= 4 is 23.3 Å². The van der Waals surface area contributed by atoms with Crippen molar-refractivity contribution in [1.29, 1.82) is 0 Å². The molecule has 2 aromatic heterocycles. The second kappa shape index (κ2) is 7.61. The van der Waals surface area contributed by atoms with Crippen molar-refractivity contribution in [2.45, 2.75) is 44.7 Å². The van der Waals surface area contributed by atoms with Gasteiger partial charge in [-0.3, -0.25) is 0 Å². The lowest BCUT2D eigenvalue weighted by molar-refractivity contribution is 0.163. The number of nitrogens with zero attached hydrogens (tertiary/aromatic N) is 4. The number of rotatable bonds is 3. The largest absolute Gasteiger partial charge is 0.339 e. The molecule has 0 aromatic carbocycles. The van der Waals surface area contributed by atoms with Crippen molar-refractivity contribution in [2.24, 2.45) is 0 Å². The molecule has 0 saturated carbocycles. The van der Waals surface area contributed by atoms with Crippen LogP contribution in [-0.4, -0.2) is 46.6 Å². The van der Waals surface area contributed by atoms with Gasteiger partial charge in [0.1, 0.15) is 0 Å². The van der Waals surface area contributed by atoms with Gasteiger partial charge in [-0.05, 0) is 48.8 Å². The zero-order valence-corrected chi connectivity index (χ0v) is 15.9. The van der Waals surface area contributed by atoms with Gasteiger partial charge in [0.15, 0.2) is 0 Å². The first-order valence-corrected chi connectivity index (χ1v) is 10.3. The molecular weight excluding hydrogens is 346 g/mol. The van der Waals surface area contributed by atoms with Crippen LogP contribution >= 0.6 is 11.3 Å². The van der Waals surface area contributed by atoms with E-state index in [1.807, 2.05) is 22.3 Å². The van der Waals surface area contributed by atoms with Crippen LogP contribution in [-0.2, 0) is 6.42 Å². The number of hydrogen-bond acceptors (Lipinski definition) is 5. The topological polar surface area (TPSA) is 61.4 Å². The van der Waals surface area contributed by atoms with Gasteiger partial charge >= 0.3 is 6.03 Å². The third-order valence-corrected chi connectivity index (χ3v) is 6.32. The van der Waals surface area contributed by atoms with E-state index >= 15 is 0 Å². The Morgan fingerprint density at radius 3 is 3.00 bits per heavy atom. The van der Waals surface area contributed by atoms with Crippen molar-refractivity contribution in [3.63, 3.8) is 0 Å². The second-order valence-electron chi connectivity index (χ2n) is 6.95. The number of piperidine rings is 1. The van der Waals surface area contributed by atoms with Crippen molar-refractivity contribution in [3.05, 3.63) is 40.3 Å². The Bertz CT molecular complexity index is 749. The van der Waals surface area contributed by atoms with Gasteiger partial charge < -0.3 is 15.1 Å². The first-order valence-electron chi connectivity index (χ1n) is 9.41. The monoisotopic (exact) mass is 371 g/mol. The highest BCUT2D eigenvalue weighted by atomic mass is 32.1. The Morgan fingerprint density at radius 1 is 1.35 bits per heavy atom. The average Bonchev–Trinajstić information content (AvgIpc) is 3.17. The summed E-state index contributed by atoms with van der Waals surface area (Å²) in [5, 5.41) is 5.42. The number of thiophene rings is 1. The third kappa shape index (κ3) is 3.40. The molecule has 2 aliphatic heterocycles. The number of carbonyl (C=O) groups is 1. The van der Waals surface area contributed by atoms with Gasteiger partial charge in [0, 0.05) is 42.9 Å². The normalized spacial score (nSPS) is 22.8. The molecule has 0 radical (unpaired) electrons. The number of amides is 2. The lowest BCUT2D eigenvalue weighted by Gasteiger charge is -2.38. The van der Waals surface area contributed by atoms with E-state index in [0.717, 1.165) is 51.3 Å². The van der Waals surface area contributed by atoms with Crippen molar-refractivity contribution in [1.82, 2.24) is 20.2 Å². The fourth-order valence-corrected chi connectivity index (χ4v) is 5.00. The first-order chi connectivity index (χ1) is 12.8. The molecule has 4 rings (SSSR count). The predicted octanol–water partition coefficient (Wildman–Crippen LogP) is 3.23. The van der Waals surface area contributed by atoms with Crippen LogP contribution in [0, 0.1) is 0 Å². The second-order valence-corrected chi connectivity index (χ2v) is 7.95. The highest BCUT2D eigenvalue weighted by molar-refractivity contribution is 7.10. The fourth-order valence-electron chi connectivity index (χ4n) is 4.07. The number of urea groups is 1. The van der Waals surface area contributed by atoms with E-state index in [2.05, 4.69) is 38.6 Å². The molecule has 0 aliphatic carbocycles. The quantitative estimate of drug-likeness (QED) is 0.900. The Balaban J connectivity index is 1.41. The van der Waals surface area contributed by atoms with Crippen molar-refractivity contribution in [2.75, 3.05) is 24.5 Å². The number of nitrogens with one attached hydrogen (secondary N) is 1. The van der Waals surface area contributed by atoms with E-state index in [0.29, 0.717) is 0 Å². The van der Waals surface area contributed by atoms with Crippen LogP contribution < -0.4 is 10.2 Å². The van der Waals surface area contributed by atoms with E-state index < -0.39 is 0 Å². The molecule has 2 amide bonds. The smallest absolute Gasteiger partial charge is 0.318 e. The van der Waals surface area contributed by atoms with E-state index in [1.54, 1.807) is 12.4 Å². The summed E-state index contributed by atoms with van der Waals surface area (Å²) in [4.78, 5) is 27.3. The van der Waals surface area contributed by atoms with Gasteiger partial charge in [0.2, 0.25) is 5.95 Å². The highest BCUT2D eigenvalue weighted by Crippen LogP contribution is 2.35. The highest BCUT2D eigenvalue weighted by Gasteiger charge is 2.32. The maximum atomic E-state index is 13.0. The molecule has 7 heteroatoms. The minimum absolute atomic E-state index is 0.0644. The molecule has 2 aliphatic rings. The van der Waals surface area contributed by atoms with Crippen LogP contribution in [0.15, 0.2) is 29.9 Å². The lowest BCUT2D eigenvalue weighted by Crippen LogP contribution is -2.53. The average molecular weight is 372 g/mol. The predicted molar refractivity (Wildman–Crippen MR) is 104 cm³/mol. The van der Waals surface area contributed by atoms with E-state index in [1.165, 1.54) is 10.4 Å². The number of aromatic nitrogens is 2. The van der Waals surface area contributed by atoms with Crippen LogP contribution in [0.2, 0.25) is 0 Å². The standard InChI is InChI=1S/C19H25N5OS/c1-2-16-15-7-12-26-17(15)6-11-24(16)19(25)22-14-5-3-10-23(13-14)18-20-8-4-9-21-18/h4,7-9,12,14,16H,2-3,5-6,10-11,13H2,1H3,(H,22,25). The maximum Gasteiger partial charge on any atom is 0.318 e. The van der Waals surface area contributed by atoms with Crippen LogP contribution in [0.3, 0.4) is 0 Å². The molecule has 6 nitrogen and oxygen atoms in total. The lowest BCUT2D eigenvalue weighted by atomic mass is 9.98. The molecule has 2 atom stereocenters. The number of hydrogen-bond donors (Lipinski definition) is 1. The molecule has 2 unspecified atom stereocenters. The Morgan fingerprint density at radius 2 is 2.19 bits per heavy atom. The summed E-state index contributed by atoms with van der Waals surface area (Å²) in [7, 11) is 0. The van der Waals surface area contributed by atoms with Gasteiger partial charge in [-0.2, -0.15) is 0 Å². The zero-order valence-electron chi connectivity index (χ0n) is 15.1. The molecule has 4 heterocycles. The SMILES string of the molecule is CCC1c2ccsc2CCN1C(=O)NC1CCCN(c2ncccn2)C1. The van der Waals surface area contributed by atoms with Gasteiger partial charge in [-0.15, -0.1) is 11.3 Å². The summed E-state index contributed by atoms with van der Waals surface area (Å²) < 4.78 is 0. The minimum atomic E-state index is 0.0644. The molecule has 26 heavy (non-hydrogen) atoms. The van der Waals surface area contributed by atoms with Crippen LogP contribution in [0.1, 0.15) is 42.7 Å². The maximum absolute atomic E-state index is 13.0. The van der Waals surface area contributed by atoms with E-state index in [4.69, 9.17) is 0 Å². The van der Waals surface area contributed by atoms with Crippen molar-refractivity contribution < 1.29 is 4.79 Å². The van der Waals surface area contributed by atoms with E-state index in [9.17, 15) is 4.79 Å². The molecule has 1 fully saturated rings. The number of fused-ring (bicyclic) bond motifs is 1. The fraction of sp³-hybridized carbons (Fsp3) is 0.526. The molecule has 1 saturated heterocycles. The Labute approximate surface area is 158 Å². The van der Waals surface area contributed by atoms with Gasteiger partial charge in [0.25, 0.3) is 0 Å². The summed E-state index contributed by atoms with van der Waals surface area (Å²) in [5.41, 5.74) is 1.34. The van der Waals surface area contributed by atoms with Crippen LogP contribution in [0.25, 0.3) is 0 Å². The van der Waals surface area contributed by atoms with Gasteiger partial charge in [-0.25, -0.2) is 14.8 Å². The third-order valence-electron chi connectivity index (χ3n) is 5.33. The summed E-state index contributed by atoms with van der Waals surface area (Å²) >= 11 is 1.81. The van der Waals surface area contributed by atoms with Gasteiger partial charge in [0.05, 0.1) is 6.04 Å². The molecule has 1 N–H and O–H groups in total. The molecular formula is C19H25N5OS. The Hall–Kier alpha value is -2.15. The molecule has 138 valence electrons. The van der Waals surface area contributed by atoms with Crippen LogP contribution in [0.5, 0.6) is 0 Å².